The van der Waals surface area contributed by atoms with E-state index in [2.05, 4.69) is 0 Å². The smallest absolute Gasteiger partial charge is 0.310 e. The van der Waals surface area contributed by atoms with Gasteiger partial charge in [-0.1, -0.05) is 0 Å². The summed E-state index contributed by atoms with van der Waals surface area (Å²) in [5.74, 6) is -0.596. The van der Waals surface area contributed by atoms with E-state index in [0.29, 0.717) is 45.4 Å². The summed E-state index contributed by atoms with van der Waals surface area (Å²) >= 11 is 0. The highest BCUT2D eigenvalue weighted by atomic mass is 32.2. The molecule has 0 aromatic heterocycles. The van der Waals surface area contributed by atoms with Crippen molar-refractivity contribution in [2.24, 2.45) is 11.8 Å². The fourth-order valence-electron chi connectivity index (χ4n) is 3.01. The van der Waals surface area contributed by atoms with E-state index < -0.39 is 10.0 Å². The molecule has 2 aliphatic rings. The van der Waals surface area contributed by atoms with Gasteiger partial charge < -0.3 is 9.64 Å². The number of esters is 1. The highest BCUT2D eigenvalue weighted by Crippen LogP contribution is 2.25. The number of methoxy groups -OCH3 is 1. The van der Waals surface area contributed by atoms with E-state index in [0.717, 1.165) is 0 Å². The Balaban J connectivity index is 1.87. The zero-order chi connectivity index (χ0) is 15.6. The number of carbonyl (C=O) groups excluding carboxylic acids is 2. The molecule has 1 amide bonds. The molecular formula is C13H22N2O5S. The zero-order valence-electron chi connectivity index (χ0n) is 12.4. The maximum Gasteiger partial charge on any atom is 0.310 e. The molecule has 2 rings (SSSR count). The minimum absolute atomic E-state index is 0.0366. The van der Waals surface area contributed by atoms with Crippen LogP contribution >= 0.6 is 0 Å². The van der Waals surface area contributed by atoms with E-state index in [4.69, 9.17) is 4.74 Å². The Morgan fingerprint density at radius 3 is 2.14 bits per heavy atom. The molecule has 2 aliphatic heterocycles. The number of rotatable bonds is 3. The van der Waals surface area contributed by atoms with Crippen LogP contribution in [0.2, 0.25) is 0 Å². The highest BCUT2D eigenvalue weighted by molar-refractivity contribution is 7.88. The van der Waals surface area contributed by atoms with Gasteiger partial charge in [0.2, 0.25) is 15.9 Å². The van der Waals surface area contributed by atoms with Crippen molar-refractivity contribution in [1.29, 1.82) is 0 Å². The molecule has 0 bridgehead atoms. The maximum atomic E-state index is 12.4. The average molecular weight is 318 g/mol. The number of hydrogen-bond acceptors (Lipinski definition) is 5. The van der Waals surface area contributed by atoms with Gasteiger partial charge in [0.15, 0.2) is 0 Å². The van der Waals surface area contributed by atoms with Crippen LogP contribution in [0.1, 0.15) is 19.3 Å². The van der Waals surface area contributed by atoms with Crippen LogP contribution in [-0.4, -0.2) is 69.0 Å². The summed E-state index contributed by atoms with van der Waals surface area (Å²) in [5, 5.41) is 0. The van der Waals surface area contributed by atoms with Gasteiger partial charge in [-0.15, -0.1) is 0 Å². The molecule has 7 nitrogen and oxygen atoms in total. The van der Waals surface area contributed by atoms with Crippen molar-refractivity contribution in [2.75, 3.05) is 39.5 Å². The van der Waals surface area contributed by atoms with E-state index in [1.165, 1.54) is 17.7 Å². The summed E-state index contributed by atoms with van der Waals surface area (Å²) in [6, 6.07) is 0. The van der Waals surface area contributed by atoms with E-state index in [1.807, 2.05) is 0 Å². The molecule has 2 fully saturated rings. The second kappa shape index (κ2) is 6.31. The molecule has 21 heavy (non-hydrogen) atoms. The molecule has 1 atom stereocenters. The van der Waals surface area contributed by atoms with E-state index in [-0.39, 0.29) is 23.7 Å². The first-order valence-corrected chi connectivity index (χ1v) is 8.99. The van der Waals surface area contributed by atoms with Crippen LogP contribution in [0.4, 0.5) is 0 Å². The average Bonchev–Trinajstić information content (AvgIpc) is 2.94. The van der Waals surface area contributed by atoms with Gasteiger partial charge in [-0.25, -0.2) is 12.7 Å². The summed E-state index contributed by atoms with van der Waals surface area (Å²) < 4.78 is 29.0. The third kappa shape index (κ3) is 3.74. The number of sulfonamides is 1. The molecule has 1 unspecified atom stereocenters. The van der Waals surface area contributed by atoms with Crippen molar-refractivity contribution in [3.63, 3.8) is 0 Å². The third-order valence-electron chi connectivity index (χ3n) is 4.31. The predicted octanol–water partition coefficient (Wildman–Crippen LogP) is -0.320. The topological polar surface area (TPSA) is 84.0 Å². The number of piperidine rings is 1. The molecule has 0 aromatic rings. The van der Waals surface area contributed by atoms with Gasteiger partial charge >= 0.3 is 5.97 Å². The first-order valence-electron chi connectivity index (χ1n) is 7.14. The molecule has 8 heteroatoms. The van der Waals surface area contributed by atoms with Crippen molar-refractivity contribution in [1.82, 2.24) is 9.21 Å². The van der Waals surface area contributed by atoms with Crippen molar-refractivity contribution in [2.45, 2.75) is 19.3 Å². The number of likely N-dealkylation sites (tertiary alicyclic amines) is 1. The molecule has 2 saturated heterocycles. The van der Waals surface area contributed by atoms with Gasteiger partial charge in [0.05, 0.1) is 19.3 Å². The Kier molecular flexibility index (Phi) is 4.88. The summed E-state index contributed by atoms with van der Waals surface area (Å²) in [5.41, 5.74) is 0. The number of ether oxygens (including phenoxy) is 1. The Morgan fingerprint density at radius 2 is 1.62 bits per heavy atom. The molecule has 0 aliphatic carbocycles. The second-order valence-corrected chi connectivity index (χ2v) is 7.71. The lowest BCUT2D eigenvalue weighted by molar-refractivity contribution is -0.145. The standard InChI is InChI=1S/C13H22N2O5S/c1-20-13(17)11-3-6-14(9-11)12(16)10-4-7-15(8-5-10)21(2,18)19/h10-11H,3-9H2,1-2H3. The summed E-state index contributed by atoms with van der Waals surface area (Å²) in [7, 11) is -1.82. The normalized spacial score (nSPS) is 25.0. The van der Waals surface area contributed by atoms with Crippen LogP contribution in [0.5, 0.6) is 0 Å². The zero-order valence-corrected chi connectivity index (χ0v) is 13.3. The SMILES string of the molecule is COC(=O)C1CCN(C(=O)C2CCN(S(C)(=O)=O)CC2)C1. The van der Waals surface area contributed by atoms with E-state index in [9.17, 15) is 18.0 Å². The lowest BCUT2D eigenvalue weighted by atomic mass is 9.96. The van der Waals surface area contributed by atoms with Crippen LogP contribution in [0.3, 0.4) is 0 Å². The van der Waals surface area contributed by atoms with Crippen LogP contribution in [0.15, 0.2) is 0 Å². The molecule has 0 radical (unpaired) electrons. The van der Waals surface area contributed by atoms with Crippen molar-refractivity contribution in [3.8, 4) is 0 Å². The van der Waals surface area contributed by atoms with Crippen molar-refractivity contribution < 1.29 is 22.7 Å². The monoisotopic (exact) mass is 318 g/mol. The molecule has 0 N–H and O–H groups in total. The molecule has 0 aromatic carbocycles. The Hall–Kier alpha value is -1.15. The molecule has 120 valence electrons. The van der Waals surface area contributed by atoms with Gasteiger partial charge in [0.25, 0.3) is 0 Å². The molecule has 0 saturated carbocycles. The number of hydrogen-bond donors (Lipinski definition) is 0. The third-order valence-corrected chi connectivity index (χ3v) is 5.61. The largest absolute Gasteiger partial charge is 0.469 e. The highest BCUT2D eigenvalue weighted by Gasteiger charge is 2.36. The van der Waals surface area contributed by atoms with Gasteiger partial charge in [0, 0.05) is 32.1 Å². The van der Waals surface area contributed by atoms with E-state index >= 15 is 0 Å². The van der Waals surface area contributed by atoms with Crippen LogP contribution < -0.4 is 0 Å². The first-order chi connectivity index (χ1) is 9.82. The first kappa shape index (κ1) is 16.2. The maximum absolute atomic E-state index is 12.4. The minimum Gasteiger partial charge on any atom is -0.469 e. The Morgan fingerprint density at radius 1 is 1.05 bits per heavy atom. The van der Waals surface area contributed by atoms with Gasteiger partial charge in [-0.05, 0) is 19.3 Å². The second-order valence-electron chi connectivity index (χ2n) is 5.73. The summed E-state index contributed by atoms with van der Waals surface area (Å²) in [6.45, 7) is 1.77. The molecule has 0 spiro atoms. The quantitative estimate of drug-likeness (QED) is 0.666. The van der Waals surface area contributed by atoms with Gasteiger partial charge in [0.1, 0.15) is 0 Å². The number of amides is 1. The molecule has 2 heterocycles. The van der Waals surface area contributed by atoms with Crippen molar-refractivity contribution >= 4 is 21.9 Å². The Bertz CT molecular complexity index is 511. The Labute approximate surface area is 125 Å². The fourth-order valence-corrected chi connectivity index (χ4v) is 3.89. The summed E-state index contributed by atoms with van der Waals surface area (Å²) in [4.78, 5) is 25.6. The van der Waals surface area contributed by atoms with Crippen LogP contribution in [0, 0.1) is 11.8 Å². The van der Waals surface area contributed by atoms with Gasteiger partial charge in [-0.3, -0.25) is 9.59 Å². The van der Waals surface area contributed by atoms with Crippen molar-refractivity contribution in [3.05, 3.63) is 0 Å². The van der Waals surface area contributed by atoms with Gasteiger partial charge in [-0.2, -0.15) is 0 Å². The lowest BCUT2D eigenvalue weighted by Gasteiger charge is -2.31. The molecular weight excluding hydrogens is 296 g/mol. The van der Waals surface area contributed by atoms with E-state index in [1.54, 1.807) is 4.90 Å². The summed E-state index contributed by atoms with van der Waals surface area (Å²) in [6.07, 6.45) is 2.92. The van der Waals surface area contributed by atoms with Crippen LogP contribution in [0.25, 0.3) is 0 Å². The predicted molar refractivity (Wildman–Crippen MR) is 75.8 cm³/mol. The number of nitrogens with zero attached hydrogens (tertiary/aromatic N) is 2. The lowest BCUT2D eigenvalue weighted by Crippen LogP contribution is -2.43. The minimum atomic E-state index is -3.17. The fraction of sp³-hybridized carbons (Fsp3) is 0.846. The van der Waals surface area contributed by atoms with Crippen LogP contribution in [-0.2, 0) is 24.3 Å². The number of carbonyl (C=O) groups is 2.